The Bertz CT molecular complexity index is 796. The Morgan fingerprint density at radius 3 is 2.10 bits per heavy atom. The van der Waals surface area contributed by atoms with Gasteiger partial charge in [-0.05, 0) is 36.6 Å². The molecule has 2 aromatic carbocycles. The number of ether oxygens (including phenoxy) is 4. The van der Waals surface area contributed by atoms with E-state index in [4.69, 9.17) is 18.9 Å². The summed E-state index contributed by atoms with van der Waals surface area (Å²) in [6.07, 6.45) is -0.339. The molecule has 2 aromatic rings. The zero-order chi connectivity index (χ0) is 21.2. The van der Waals surface area contributed by atoms with Crippen molar-refractivity contribution >= 4 is 11.9 Å². The molecular weight excluding hydrogens is 374 g/mol. The molecule has 1 atom stereocenters. The highest BCUT2D eigenvalue weighted by atomic mass is 16.5. The van der Waals surface area contributed by atoms with Gasteiger partial charge < -0.3 is 24.3 Å². The molecule has 0 aromatic heterocycles. The molecule has 0 spiro atoms. The van der Waals surface area contributed by atoms with E-state index in [1.54, 1.807) is 19.1 Å². The van der Waals surface area contributed by atoms with E-state index >= 15 is 0 Å². The summed E-state index contributed by atoms with van der Waals surface area (Å²) in [5, 5.41) is 2.76. The Kier molecular flexibility index (Phi) is 8.33. The number of hydrogen-bond acceptors (Lipinski definition) is 6. The summed E-state index contributed by atoms with van der Waals surface area (Å²) in [5.41, 5.74) is 1.81. The lowest BCUT2D eigenvalue weighted by atomic mass is 10.1. The summed E-state index contributed by atoms with van der Waals surface area (Å²) < 4.78 is 21.2. The molecule has 7 heteroatoms. The van der Waals surface area contributed by atoms with E-state index < -0.39 is 12.1 Å². The Labute approximate surface area is 170 Å². The second kappa shape index (κ2) is 10.9. The third-order valence-corrected chi connectivity index (χ3v) is 4.33. The van der Waals surface area contributed by atoms with Gasteiger partial charge in [-0.3, -0.25) is 9.59 Å². The first-order chi connectivity index (χ1) is 14.0. The highest BCUT2D eigenvalue weighted by Gasteiger charge is 2.18. The van der Waals surface area contributed by atoms with Crippen LogP contribution in [-0.2, 0) is 27.3 Å². The van der Waals surface area contributed by atoms with E-state index in [9.17, 15) is 9.59 Å². The average molecular weight is 401 g/mol. The Hall–Kier alpha value is -3.22. The molecule has 0 saturated heterocycles. The summed E-state index contributed by atoms with van der Waals surface area (Å²) >= 11 is 0. The van der Waals surface area contributed by atoms with Crippen LogP contribution in [0.3, 0.4) is 0 Å². The van der Waals surface area contributed by atoms with E-state index in [1.165, 1.54) is 21.3 Å². The molecule has 7 nitrogen and oxygen atoms in total. The van der Waals surface area contributed by atoms with Crippen LogP contribution in [0.2, 0.25) is 0 Å². The van der Waals surface area contributed by atoms with Gasteiger partial charge in [0.25, 0.3) is 5.91 Å². The van der Waals surface area contributed by atoms with Gasteiger partial charge in [-0.15, -0.1) is 0 Å². The number of aryl methyl sites for hydroxylation is 1. The van der Waals surface area contributed by atoms with E-state index in [-0.39, 0.29) is 12.3 Å². The maximum Gasteiger partial charge on any atom is 0.306 e. The molecule has 0 bridgehead atoms. The minimum Gasteiger partial charge on any atom is -0.493 e. The number of amides is 1. The molecular formula is C22H27NO6. The highest BCUT2D eigenvalue weighted by Crippen LogP contribution is 2.38. The Balaban J connectivity index is 1.86. The molecule has 156 valence electrons. The molecule has 0 fully saturated rings. The highest BCUT2D eigenvalue weighted by molar-refractivity contribution is 5.83. The minimum absolute atomic E-state index is 0.120. The maximum absolute atomic E-state index is 12.1. The molecule has 0 saturated carbocycles. The van der Waals surface area contributed by atoms with Crippen LogP contribution in [0.25, 0.3) is 0 Å². The Morgan fingerprint density at radius 2 is 1.55 bits per heavy atom. The van der Waals surface area contributed by atoms with Gasteiger partial charge in [-0.1, -0.05) is 30.3 Å². The number of carbonyl (C=O) groups is 2. The monoisotopic (exact) mass is 401 g/mol. The van der Waals surface area contributed by atoms with Gasteiger partial charge in [0.1, 0.15) is 0 Å². The van der Waals surface area contributed by atoms with E-state index in [0.717, 1.165) is 11.1 Å². The van der Waals surface area contributed by atoms with Gasteiger partial charge in [-0.2, -0.15) is 0 Å². The third-order valence-electron chi connectivity index (χ3n) is 4.33. The summed E-state index contributed by atoms with van der Waals surface area (Å²) in [6, 6.07) is 13.1. The summed E-state index contributed by atoms with van der Waals surface area (Å²) in [5.74, 6) is 0.730. The number of nitrogens with one attached hydrogen (secondary N) is 1. The van der Waals surface area contributed by atoms with Crippen LogP contribution in [0.4, 0.5) is 0 Å². The second-order valence-electron chi connectivity index (χ2n) is 6.37. The Morgan fingerprint density at radius 1 is 0.931 bits per heavy atom. The molecule has 0 radical (unpaired) electrons. The van der Waals surface area contributed by atoms with Gasteiger partial charge in [0, 0.05) is 13.0 Å². The van der Waals surface area contributed by atoms with Crippen molar-refractivity contribution in [1.82, 2.24) is 5.32 Å². The van der Waals surface area contributed by atoms with E-state index in [2.05, 4.69) is 5.32 Å². The van der Waals surface area contributed by atoms with Crippen LogP contribution >= 0.6 is 0 Å². The predicted octanol–water partition coefficient (Wildman–Crippen LogP) is 2.89. The molecule has 0 aliphatic heterocycles. The van der Waals surface area contributed by atoms with Gasteiger partial charge in [0.2, 0.25) is 5.75 Å². The molecule has 0 aliphatic rings. The zero-order valence-corrected chi connectivity index (χ0v) is 17.2. The standard InChI is InChI=1S/C22H27NO6/c1-15(22(25)23-14-16-8-6-5-7-9-16)29-20(24)11-10-17-12-18(26-2)21(28-4)19(13-17)27-3/h5-9,12-13,15H,10-11,14H2,1-4H3,(H,23,25)/t15-/m0/s1. The van der Waals surface area contributed by atoms with E-state index in [1.807, 2.05) is 30.3 Å². The number of esters is 1. The van der Waals surface area contributed by atoms with Crippen molar-refractivity contribution in [3.63, 3.8) is 0 Å². The number of benzene rings is 2. The smallest absolute Gasteiger partial charge is 0.306 e. The molecule has 0 aliphatic carbocycles. The van der Waals surface area contributed by atoms with Crippen LogP contribution in [-0.4, -0.2) is 39.3 Å². The van der Waals surface area contributed by atoms with Crippen molar-refractivity contribution in [3.05, 3.63) is 53.6 Å². The number of methoxy groups -OCH3 is 3. The zero-order valence-electron chi connectivity index (χ0n) is 17.2. The maximum atomic E-state index is 12.1. The molecule has 0 unspecified atom stereocenters. The first kappa shape index (κ1) is 22.1. The fourth-order valence-electron chi connectivity index (χ4n) is 2.76. The minimum atomic E-state index is -0.869. The summed E-state index contributed by atoms with van der Waals surface area (Å²) in [7, 11) is 4.60. The van der Waals surface area contributed by atoms with Gasteiger partial charge in [-0.25, -0.2) is 0 Å². The quantitative estimate of drug-likeness (QED) is 0.617. The fraction of sp³-hybridized carbons (Fsp3) is 0.364. The first-order valence-electron chi connectivity index (χ1n) is 9.28. The molecule has 0 heterocycles. The lowest BCUT2D eigenvalue weighted by molar-refractivity contribution is -0.154. The molecule has 2 rings (SSSR count). The van der Waals surface area contributed by atoms with Crippen LogP contribution in [0.1, 0.15) is 24.5 Å². The lowest BCUT2D eigenvalue weighted by Crippen LogP contribution is -2.35. The van der Waals surface area contributed by atoms with Crippen molar-refractivity contribution in [2.45, 2.75) is 32.4 Å². The van der Waals surface area contributed by atoms with Gasteiger partial charge in [0.05, 0.1) is 21.3 Å². The molecule has 29 heavy (non-hydrogen) atoms. The second-order valence-corrected chi connectivity index (χ2v) is 6.37. The number of hydrogen-bond donors (Lipinski definition) is 1. The van der Waals surface area contributed by atoms with Crippen molar-refractivity contribution in [2.75, 3.05) is 21.3 Å². The van der Waals surface area contributed by atoms with Gasteiger partial charge in [0.15, 0.2) is 17.6 Å². The number of carbonyl (C=O) groups excluding carboxylic acids is 2. The molecule has 1 N–H and O–H groups in total. The van der Waals surface area contributed by atoms with Crippen molar-refractivity contribution in [2.24, 2.45) is 0 Å². The van der Waals surface area contributed by atoms with Crippen LogP contribution in [0.5, 0.6) is 17.2 Å². The normalized spacial score (nSPS) is 11.3. The largest absolute Gasteiger partial charge is 0.493 e. The van der Waals surface area contributed by atoms with Crippen LogP contribution in [0, 0.1) is 0 Å². The van der Waals surface area contributed by atoms with Crippen molar-refractivity contribution < 1.29 is 28.5 Å². The molecule has 1 amide bonds. The van der Waals surface area contributed by atoms with Crippen molar-refractivity contribution in [3.8, 4) is 17.2 Å². The van der Waals surface area contributed by atoms with E-state index in [0.29, 0.717) is 30.2 Å². The summed E-state index contributed by atoms with van der Waals surface area (Å²) in [4.78, 5) is 24.3. The van der Waals surface area contributed by atoms with Crippen molar-refractivity contribution in [1.29, 1.82) is 0 Å². The predicted molar refractivity (Wildman–Crippen MR) is 108 cm³/mol. The summed E-state index contributed by atoms with van der Waals surface area (Å²) in [6.45, 7) is 1.94. The first-order valence-corrected chi connectivity index (χ1v) is 9.28. The lowest BCUT2D eigenvalue weighted by Gasteiger charge is -2.15. The number of rotatable bonds is 10. The van der Waals surface area contributed by atoms with Crippen LogP contribution in [0.15, 0.2) is 42.5 Å². The topological polar surface area (TPSA) is 83.1 Å². The average Bonchev–Trinajstić information content (AvgIpc) is 2.75. The third kappa shape index (κ3) is 6.41. The van der Waals surface area contributed by atoms with Crippen LogP contribution < -0.4 is 19.5 Å². The fourth-order valence-corrected chi connectivity index (χ4v) is 2.76. The van der Waals surface area contributed by atoms with Gasteiger partial charge >= 0.3 is 5.97 Å². The SMILES string of the molecule is COc1cc(CCC(=O)O[C@@H](C)C(=O)NCc2ccccc2)cc(OC)c1OC.